The standard InChI is InChI=1S/C21H17Cl4N5O2S/c1-2-7-30-17(10-26-20(32)12-3-5-13(22)6-4-12)28-29-21(30)33-11-18(31)27-19-15(24)8-14(23)9-16(19)25/h2-6,8-9H,1,7,10-11H2,(H,26,32)(H,27,31). The maximum absolute atomic E-state index is 12.4. The minimum absolute atomic E-state index is 0.0295. The molecule has 0 aliphatic carbocycles. The number of nitrogens with one attached hydrogen (secondary N) is 2. The van der Waals surface area contributed by atoms with Gasteiger partial charge in [0.25, 0.3) is 5.91 Å². The summed E-state index contributed by atoms with van der Waals surface area (Å²) in [7, 11) is 0. The zero-order valence-electron chi connectivity index (χ0n) is 16.9. The molecule has 0 saturated heterocycles. The summed E-state index contributed by atoms with van der Waals surface area (Å²) in [5.41, 5.74) is 0.756. The van der Waals surface area contributed by atoms with Crippen molar-refractivity contribution in [2.75, 3.05) is 11.1 Å². The lowest BCUT2D eigenvalue weighted by molar-refractivity contribution is -0.113. The third-order valence-corrected chi connectivity index (χ3v) is 6.26. The van der Waals surface area contributed by atoms with Gasteiger partial charge in [0, 0.05) is 22.2 Å². The first-order valence-corrected chi connectivity index (χ1v) is 11.9. The minimum Gasteiger partial charge on any atom is -0.345 e. The highest BCUT2D eigenvalue weighted by Crippen LogP contribution is 2.33. The van der Waals surface area contributed by atoms with E-state index in [-0.39, 0.29) is 39.8 Å². The van der Waals surface area contributed by atoms with E-state index in [0.717, 1.165) is 0 Å². The number of carbonyl (C=O) groups is 2. The van der Waals surface area contributed by atoms with Gasteiger partial charge >= 0.3 is 0 Å². The molecule has 3 aromatic rings. The molecular weight excluding hydrogens is 528 g/mol. The van der Waals surface area contributed by atoms with E-state index in [1.165, 1.54) is 23.9 Å². The van der Waals surface area contributed by atoms with Crippen LogP contribution in [0.15, 0.2) is 54.2 Å². The van der Waals surface area contributed by atoms with Crippen molar-refractivity contribution >= 4 is 75.7 Å². The van der Waals surface area contributed by atoms with Crippen LogP contribution in [0.2, 0.25) is 20.1 Å². The zero-order valence-corrected chi connectivity index (χ0v) is 20.8. The van der Waals surface area contributed by atoms with Gasteiger partial charge in [-0.3, -0.25) is 9.59 Å². The molecule has 2 aromatic carbocycles. The molecule has 0 saturated carbocycles. The smallest absolute Gasteiger partial charge is 0.251 e. The largest absolute Gasteiger partial charge is 0.345 e. The summed E-state index contributed by atoms with van der Waals surface area (Å²) in [6.45, 7) is 4.29. The first kappa shape index (κ1) is 25.4. The summed E-state index contributed by atoms with van der Waals surface area (Å²) in [5, 5.41) is 15.6. The van der Waals surface area contributed by atoms with Crippen LogP contribution in [-0.4, -0.2) is 32.3 Å². The maximum atomic E-state index is 12.4. The van der Waals surface area contributed by atoms with Crippen LogP contribution in [0.25, 0.3) is 0 Å². The number of aromatic nitrogens is 3. The first-order valence-electron chi connectivity index (χ1n) is 9.42. The van der Waals surface area contributed by atoms with E-state index in [4.69, 9.17) is 46.4 Å². The highest BCUT2D eigenvalue weighted by Gasteiger charge is 2.16. The van der Waals surface area contributed by atoms with E-state index in [2.05, 4.69) is 27.4 Å². The second-order valence-electron chi connectivity index (χ2n) is 6.57. The van der Waals surface area contributed by atoms with Crippen molar-refractivity contribution in [1.82, 2.24) is 20.1 Å². The SMILES string of the molecule is C=CCn1c(CNC(=O)c2ccc(Cl)cc2)nnc1SCC(=O)Nc1c(Cl)cc(Cl)cc1Cl. The number of hydrogen-bond donors (Lipinski definition) is 2. The monoisotopic (exact) mass is 543 g/mol. The predicted molar refractivity (Wildman–Crippen MR) is 134 cm³/mol. The molecule has 2 amide bonds. The second kappa shape index (κ2) is 11.8. The van der Waals surface area contributed by atoms with Gasteiger partial charge in [-0.05, 0) is 36.4 Å². The number of amides is 2. The van der Waals surface area contributed by atoms with Crippen LogP contribution in [-0.2, 0) is 17.9 Å². The van der Waals surface area contributed by atoms with E-state index in [1.54, 1.807) is 34.9 Å². The summed E-state index contributed by atoms with van der Waals surface area (Å²) < 4.78 is 1.76. The Labute approximate surface area is 214 Å². The minimum atomic E-state index is -0.336. The molecule has 0 fully saturated rings. The number of nitrogens with zero attached hydrogens (tertiary/aromatic N) is 3. The fourth-order valence-corrected chi connectivity index (χ4v) is 4.50. The lowest BCUT2D eigenvalue weighted by Gasteiger charge is -2.11. The Morgan fingerprint density at radius 2 is 1.70 bits per heavy atom. The number of hydrogen-bond acceptors (Lipinski definition) is 5. The summed E-state index contributed by atoms with van der Waals surface area (Å²) in [6.07, 6.45) is 1.67. The molecule has 0 spiro atoms. The topological polar surface area (TPSA) is 88.9 Å². The molecule has 172 valence electrons. The third kappa shape index (κ3) is 6.88. The molecule has 3 rings (SSSR count). The molecule has 1 aromatic heterocycles. The quantitative estimate of drug-likeness (QED) is 0.265. The Morgan fingerprint density at radius 1 is 1.03 bits per heavy atom. The zero-order chi connectivity index (χ0) is 24.0. The second-order valence-corrected chi connectivity index (χ2v) is 9.20. The van der Waals surface area contributed by atoms with Crippen LogP contribution >= 0.6 is 58.2 Å². The number of rotatable bonds is 9. The van der Waals surface area contributed by atoms with Crippen molar-refractivity contribution in [1.29, 1.82) is 0 Å². The lowest BCUT2D eigenvalue weighted by atomic mass is 10.2. The molecule has 1 heterocycles. The number of benzene rings is 2. The summed E-state index contributed by atoms with van der Waals surface area (Å²) in [5.74, 6) is -0.0623. The molecule has 0 unspecified atom stereocenters. The van der Waals surface area contributed by atoms with Crippen LogP contribution in [0.5, 0.6) is 0 Å². The number of allylic oxidation sites excluding steroid dienone is 1. The molecule has 0 bridgehead atoms. The van der Waals surface area contributed by atoms with Gasteiger partial charge in [0.15, 0.2) is 11.0 Å². The highest BCUT2D eigenvalue weighted by atomic mass is 35.5. The van der Waals surface area contributed by atoms with Gasteiger partial charge < -0.3 is 15.2 Å². The van der Waals surface area contributed by atoms with Gasteiger partial charge in [-0.25, -0.2) is 0 Å². The number of thioether (sulfide) groups is 1. The Morgan fingerprint density at radius 3 is 2.33 bits per heavy atom. The van der Waals surface area contributed by atoms with E-state index in [1.807, 2.05) is 0 Å². The van der Waals surface area contributed by atoms with Crippen molar-refractivity contribution in [2.24, 2.45) is 0 Å². The lowest BCUT2D eigenvalue weighted by Crippen LogP contribution is -2.24. The number of carbonyl (C=O) groups excluding carboxylic acids is 2. The number of anilines is 1. The molecule has 12 heteroatoms. The summed E-state index contributed by atoms with van der Waals surface area (Å²) in [4.78, 5) is 24.8. The van der Waals surface area contributed by atoms with E-state index >= 15 is 0 Å². The fraction of sp³-hybridized carbons (Fsp3) is 0.143. The average Bonchev–Trinajstić information content (AvgIpc) is 3.15. The van der Waals surface area contributed by atoms with Gasteiger partial charge in [-0.15, -0.1) is 16.8 Å². The van der Waals surface area contributed by atoms with Crippen LogP contribution in [0, 0.1) is 0 Å². The first-order chi connectivity index (χ1) is 15.8. The fourth-order valence-electron chi connectivity index (χ4n) is 2.70. The van der Waals surface area contributed by atoms with Crippen LogP contribution in [0.4, 0.5) is 5.69 Å². The predicted octanol–water partition coefficient (Wildman–Crippen LogP) is 5.74. The van der Waals surface area contributed by atoms with Crippen LogP contribution in [0.1, 0.15) is 16.2 Å². The molecule has 0 radical (unpaired) electrons. The molecule has 7 nitrogen and oxygen atoms in total. The van der Waals surface area contributed by atoms with Gasteiger partial charge in [-0.2, -0.15) is 0 Å². The van der Waals surface area contributed by atoms with Crippen molar-refractivity contribution in [3.8, 4) is 0 Å². The Bertz CT molecular complexity index is 1160. The normalized spacial score (nSPS) is 10.7. The van der Waals surface area contributed by atoms with Gasteiger partial charge in [0.05, 0.1) is 28.0 Å². The molecule has 0 aliphatic heterocycles. The van der Waals surface area contributed by atoms with Gasteiger partial charge in [0.2, 0.25) is 5.91 Å². The van der Waals surface area contributed by atoms with Crippen LogP contribution in [0.3, 0.4) is 0 Å². The maximum Gasteiger partial charge on any atom is 0.251 e. The third-order valence-electron chi connectivity index (χ3n) is 4.22. The van der Waals surface area contributed by atoms with Gasteiger partial charge in [-0.1, -0.05) is 64.2 Å². The highest BCUT2D eigenvalue weighted by molar-refractivity contribution is 7.99. The van der Waals surface area contributed by atoms with Crippen molar-refractivity contribution < 1.29 is 9.59 Å². The molecule has 2 N–H and O–H groups in total. The van der Waals surface area contributed by atoms with Crippen molar-refractivity contribution in [3.05, 3.63) is 80.5 Å². The van der Waals surface area contributed by atoms with E-state index in [0.29, 0.717) is 33.1 Å². The summed E-state index contributed by atoms with van der Waals surface area (Å²) >= 11 is 25.1. The van der Waals surface area contributed by atoms with E-state index < -0.39 is 0 Å². The average molecular weight is 545 g/mol. The molecule has 33 heavy (non-hydrogen) atoms. The Kier molecular flexibility index (Phi) is 9.05. The van der Waals surface area contributed by atoms with E-state index in [9.17, 15) is 9.59 Å². The molecule has 0 aliphatic rings. The summed E-state index contributed by atoms with van der Waals surface area (Å²) in [6, 6.07) is 9.52. The van der Waals surface area contributed by atoms with Crippen molar-refractivity contribution in [3.63, 3.8) is 0 Å². The number of halogens is 4. The molecule has 0 atom stereocenters. The van der Waals surface area contributed by atoms with Gasteiger partial charge in [0.1, 0.15) is 0 Å². The molecular formula is C21H17Cl4N5O2S. The Hall–Kier alpha value is -2.23. The van der Waals surface area contributed by atoms with Crippen molar-refractivity contribution in [2.45, 2.75) is 18.2 Å². The van der Waals surface area contributed by atoms with Crippen LogP contribution < -0.4 is 10.6 Å². The Balaban J connectivity index is 1.63.